The molecular weight excluding hydrogens is 268 g/mol. The lowest BCUT2D eigenvalue weighted by Gasteiger charge is -2.13. The van der Waals surface area contributed by atoms with Gasteiger partial charge >= 0.3 is 5.97 Å². The first-order valence-corrected chi connectivity index (χ1v) is 7.14. The molecule has 0 bridgehead atoms. The summed E-state index contributed by atoms with van der Waals surface area (Å²) < 4.78 is 0. The number of fused-ring (bicyclic) bond motifs is 1. The standard InChI is InChI=1S/C16H18N2O3/c1-9-3-2-4-12-14(9)11(8-17-12)7-13(19)18-15(16(20)21)10-5-6-10/h2-4,8,10,15,17H,5-7H2,1H3,(H,18,19)(H,20,21). The zero-order valence-electron chi connectivity index (χ0n) is 11.8. The molecule has 1 saturated carbocycles. The number of H-pyrrole nitrogens is 1. The van der Waals surface area contributed by atoms with Crippen LogP contribution in [0.15, 0.2) is 24.4 Å². The van der Waals surface area contributed by atoms with Crippen molar-refractivity contribution >= 4 is 22.8 Å². The maximum absolute atomic E-state index is 12.1. The van der Waals surface area contributed by atoms with Crippen LogP contribution in [0, 0.1) is 12.8 Å². The van der Waals surface area contributed by atoms with E-state index in [1.807, 2.05) is 31.3 Å². The van der Waals surface area contributed by atoms with Gasteiger partial charge in [-0.3, -0.25) is 4.79 Å². The summed E-state index contributed by atoms with van der Waals surface area (Å²) in [7, 11) is 0. The summed E-state index contributed by atoms with van der Waals surface area (Å²) in [6, 6.07) is 5.19. The molecule has 0 saturated heterocycles. The summed E-state index contributed by atoms with van der Waals surface area (Å²) >= 11 is 0. The fraction of sp³-hybridized carbons (Fsp3) is 0.375. The van der Waals surface area contributed by atoms with E-state index in [1.165, 1.54) is 0 Å². The van der Waals surface area contributed by atoms with Crippen LogP contribution in [0.5, 0.6) is 0 Å². The highest BCUT2D eigenvalue weighted by molar-refractivity contribution is 5.92. The number of rotatable bonds is 5. The van der Waals surface area contributed by atoms with Crippen molar-refractivity contribution in [3.05, 3.63) is 35.5 Å². The van der Waals surface area contributed by atoms with Crippen LogP contribution in [-0.2, 0) is 16.0 Å². The summed E-state index contributed by atoms with van der Waals surface area (Å²) in [6.45, 7) is 2.00. The monoisotopic (exact) mass is 286 g/mol. The van der Waals surface area contributed by atoms with E-state index in [9.17, 15) is 9.59 Å². The van der Waals surface area contributed by atoms with Gasteiger partial charge in [-0.05, 0) is 42.9 Å². The van der Waals surface area contributed by atoms with Crippen LogP contribution < -0.4 is 5.32 Å². The second kappa shape index (κ2) is 5.24. The second-order valence-electron chi connectivity index (χ2n) is 5.71. The van der Waals surface area contributed by atoms with Gasteiger partial charge in [-0.25, -0.2) is 4.79 Å². The minimum absolute atomic E-state index is 0.0937. The van der Waals surface area contributed by atoms with E-state index in [-0.39, 0.29) is 18.2 Å². The van der Waals surface area contributed by atoms with Crippen LogP contribution in [0.1, 0.15) is 24.0 Å². The van der Waals surface area contributed by atoms with Crippen molar-refractivity contribution in [2.24, 2.45) is 5.92 Å². The third-order valence-electron chi connectivity index (χ3n) is 4.02. The largest absolute Gasteiger partial charge is 0.480 e. The van der Waals surface area contributed by atoms with Crippen molar-refractivity contribution in [3.8, 4) is 0 Å². The summed E-state index contributed by atoms with van der Waals surface area (Å²) in [5.41, 5.74) is 3.00. The second-order valence-corrected chi connectivity index (χ2v) is 5.71. The van der Waals surface area contributed by atoms with Gasteiger partial charge in [0, 0.05) is 17.1 Å². The first-order valence-electron chi connectivity index (χ1n) is 7.14. The Balaban J connectivity index is 1.75. The molecule has 2 aromatic rings. The van der Waals surface area contributed by atoms with Crippen LogP contribution in [0.2, 0.25) is 0 Å². The SMILES string of the molecule is Cc1cccc2[nH]cc(CC(=O)NC(C(=O)O)C3CC3)c12. The first-order chi connectivity index (χ1) is 10.1. The Morgan fingerprint density at radius 3 is 2.86 bits per heavy atom. The van der Waals surface area contributed by atoms with E-state index in [1.54, 1.807) is 0 Å². The number of carboxylic acids is 1. The topological polar surface area (TPSA) is 82.2 Å². The summed E-state index contributed by atoms with van der Waals surface area (Å²) in [5.74, 6) is -1.09. The molecule has 0 radical (unpaired) electrons. The van der Waals surface area contributed by atoms with Crippen LogP contribution in [0.3, 0.4) is 0 Å². The molecule has 21 heavy (non-hydrogen) atoms. The smallest absolute Gasteiger partial charge is 0.326 e. The molecule has 1 amide bonds. The van der Waals surface area contributed by atoms with Gasteiger partial charge < -0.3 is 15.4 Å². The Morgan fingerprint density at radius 1 is 1.43 bits per heavy atom. The van der Waals surface area contributed by atoms with Crippen LogP contribution >= 0.6 is 0 Å². The molecule has 5 heteroatoms. The molecule has 1 fully saturated rings. The average molecular weight is 286 g/mol. The van der Waals surface area contributed by atoms with Crippen molar-refractivity contribution in [2.75, 3.05) is 0 Å². The summed E-state index contributed by atoms with van der Waals surface area (Å²) in [5, 5.41) is 12.8. The van der Waals surface area contributed by atoms with Crippen LogP contribution in [0.4, 0.5) is 0 Å². The molecule has 3 N–H and O–H groups in total. The Hall–Kier alpha value is -2.30. The molecule has 0 spiro atoms. The quantitative estimate of drug-likeness (QED) is 0.786. The number of nitrogens with one attached hydrogen (secondary N) is 2. The number of aliphatic carboxylic acids is 1. The number of hydrogen-bond donors (Lipinski definition) is 3. The first kappa shape index (κ1) is 13.7. The number of carbonyl (C=O) groups is 2. The molecule has 1 aromatic carbocycles. The van der Waals surface area contributed by atoms with Crippen molar-refractivity contribution < 1.29 is 14.7 Å². The minimum atomic E-state index is -0.944. The number of aromatic nitrogens is 1. The molecule has 1 aromatic heterocycles. The molecule has 110 valence electrons. The molecule has 1 unspecified atom stereocenters. The number of hydrogen-bond acceptors (Lipinski definition) is 2. The van der Waals surface area contributed by atoms with E-state index in [0.717, 1.165) is 34.9 Å². The van der Waals surface area contributed by atoms with Gasteiger partial charge in [0.1, 0.15) is 6.04 Å². The molecule has 1 atom stereocenters. The summed E-state index contributed by atoms with van der Waals surface area (Å²) in [6.07, 6.45) is 3.78. The van der Waals surface area contributed by atoms with E-state index >= 15 is 0 Å². The van der Waals surface area contributed by atoms with E-state index in [2.05, 4.69) is 10.3 Å². The zero-order chi connectivity index (χ0) is 15.0. The van der Waals surface area contributed by atoms with Gasteiger partial charge in [0.15, 0.2) is 0 Å². The Morgan fingerprint density at radius 2 is 2.19 bits per heavy atom. The number of aromatic amines is 1. The Kier molecular flexibility index (Phi) is 3.41. The number of aryl methyl sites for hydroxylation is 1. The van der Waals surface area contributed by atoms with E-state index < -0.39 is 12.0 Å². The normalized spacial score (nSPS) is 15.9. The minimum Gasteiger partial charge on any atom is -0.480 e. The van der Waals surface area contributed by atoms with Gasteiger partial charge in [-0.2, -0.15) is 0 Å². The molecular formula is C16H18N2O3. The Labute approximate surface area is 122 Å². The highest BCUT2D eigenvalue weighted by Crippen LogP contribution is 2.32. The molecule has 1 heterocycles. The van der Waals surface area contributed by atoms with Gasteiger partial charge in [0.25, 0.3) is 0 Å². The van der Waals surface area contributed by atoms with E-state index in [0.29, 0.717) is 0 Å². The third kappa shape index (κ3) is 2.77. The third-order valence-corrected chi connectivity index (χ3v) is 4.02. The zero-order valence-corrected chi connectivity index (χ0v) is 11.8. The highest BCUT2D eigenvalue weighted by atomic mass is 16.4. The lowest BCUT2D eigenvalue weighted by molar-refractivity contribution is -0.142. The molecule has 1 aliphatic carbocycles. The molecule has 3 rings (SSSR count). The van der Waals surface area contributed by atoms with Crippen molar-refractivity contribution in [1.82, 2.24) is 10.3 Å². The molecule has 1 aliphatic rings. The van der Waals surface area contributed by atoms with Gasteiger partial charge in [0.05, 0.1) is 6.42 Å². The highest BCUT2D eigenvalue weighted by Gasteiger charge is 2.37. The van der Waals surface area contributed by atoms with Gasteiger partial charge in [-0.1, -0.05) is 12.1 Å². The molecule has 5 nitrogen and oxygen atoms in total. The predicted molar refractivity (Wildman–Crippen MR) is 79.0 cm³/mol. The number of amides is 1. The fourth-order valence-corrected chi connectivity index (χ4v) is 2.80. The fourth-order valence-electron chi connectivity index (χ4n) is 2.80. The molecule has 0 aliphatic heterocycles. The lowest BCUT2D eigenvalue weighted by atomic mass is 10.0. The lowest BCUT2D eigenvalue weighted by Crippen LogP contribution is -2.43. The Bertz CT molecular complexity index is 701. The van der Waals surface area contributed by atoms with Crippen LogP contribution in [0.25, 0.3) is 10.9 Å². The van der Waals surface area contributed by atoms with Crippen molar-refractivity contribution in [2.45, 2.75) is 32.2 Å². The predicted octanol–water partition coefficient (Wildman–Crippen LogP) is 2.00. The average Bonchev–Trinajstić information content (AvgIpc) is 3.18. The van der Waals surface area contributed by atoms with Gasteiger partial charge in [-0.15, -0.1) is 0 Å². The number of carboxylic acid groups (broad SMARTS) is 1. The van der Waals surface area contributed by atoms with Crippen molar-refractivity contribution in [1.29, 1.82) is 0 Å². The maximum Gasteiger partial charge on any atom is 0.326 e. The van der Waals surface area contributed by atoms with Crippen molar-refractivity contribution in [3.63, 3.8) is 0 Å². The van der Waals surface area contributed by atoms with E-state index in [4.69, 9.17) is 5.11 Å². The maximum atomic E-state index is 12.1. The van der Waals surface area contributed by atoms with Crippen LogP contribution in [-0.4, -0.2) is 28.0 Å². The summed E-state index contributed by atoms with van der Waals surface area (Å²) in [4.78, 5) is 26.4. The number of benzene rings is 1. The van der Waals surface area contributed by atoms with Gasteiger partial charge in [0.2, 0.25) is 5.91 Å². The number of carbonyl (C=O) groups excluding carboxylic acids is 1.